The molecule has 0 unspecified atom stereocenters. The fourth-order valence-corrected chi connectivity index (χ4v) is 3.01. The SMILES string of the molecule is CC(C)Nc1cc(Nc2ccc3ncsc3c2)ncc1C(=O)NN. The first kappa shape index (κ1) is 16.2. The number of hydrogen-bond donors (Lipinski definition) is 4. The van der Waals surface area contributed by atoms with Crippen molar-refractivity contribution in [2.24, 2.45) is 5.84 Å². The number of aromatic nitrogens is 2. The van der Waals surface area contributed by atoms with Crippen molar-refractivity contribution in [2.75, 3.05) is 10.6 Å². The third-order valence-electron chi connectivity index (χ3n) is 3.33. The number of thiazole rings is 1. The second-order valence-corrected chi connectivity index (χ2v) is 6.43. The van der Waals surface area contributed by atoms with E-state index in [9.17, 15) is 4.79 Å². The van der Waals surface area contributed by atoms with Crippen molar-refractivity contribution in [2.45, 2.75) is 19.9 Å². The van der Waals surface area contributed by atoms with Gasteiger partial charge in [0.25, 0.3) is 5.91 Å². The van der Waals surface area contributed by atoms with E-state index in [2.05, 4.69) is 26.0 Å². The Morgan fingerprint density at radius 3 is 2.83 bits per heavy atom. The molecule has 7 nitrogen and oxygen atoms in total. The number of nitrogens with one attached hydrogen (secondary N) is 3. The van der Waals surface area contributed by atoms with Gasteiger partial charge in [0.1, 0.15) is 5.82 Å². The van der Waals surface area contributed by atoms with E-state index in [0.717, 1.165) is 15.9 Å². The number of benzene rings is 1. The van der Waals surface area contributed by atoms with Crippen LogP contribution in [0.1, 0.15) is 24.2 Å². The van der Waals surface area contributed by atoms with Crippen molar-refractivity contribution >= 4 is 44.7 Å². The van der Waals surface area contributed by atoms with Crippen LogP contribution in [-0.4, -0.2) is 21.9 Å². The molecule has 1 amide bonds. The van der Waals surface area contributed by atoms with Crippen molar-refractivity contribution in [1.29, 1.82) is 0 Å². The van der Waals surface area contributed by atoms with Gasteiger partial charge < -0.3 is 10.6 Å². The molecule has 3 aromatic rings. The van der Waals surface area contributed by atoms with Gasteiger partial charge in [-0.25, -0.2) is 15.8 Å². The van der Waals surface area contributed by atoms with E-state index in [-0.39, 0.29) is 11.9 Å². The molecule has 124 valence electrons. The Hall–Kier alpha value is -2.71. The molecule has 2 heterocycles. The van der Waals surface area contributed by atoms with E-state index in [1.807, 2.05) is 37.6 Å². The average Bonchev–Trinajstić information content (AvgIpc) is 3.01. The zero-order valence-electron chi connectivity index (χ0n) is 13.3. The van der Waals surface area contributed by atoms with Gasteiger partial charge in [0, 0.05) is 24.0 Å². The Morgan fingerprint density at radius 1 is 1.25 bits per heavy atom. The third-order valence-corrected chi connectivity index (χ3v) is 4.12. The number of anilines is 3. The van der Waals surface area contributed by atoms with Gasteiger partial charge in [0.05, 0.1) is 27.0 Å². The van der Waals surface area contributed by atoms with E-state index >= 15 is 0 Å². The largest absolute Gasteiger partial charge is 0.382 e. The molecule has 3 rings (SSSR count). The molecule has 0 saturated carbocycles. The molecule has 0 bridgehead atoms. The number of hydrazine groups is 1. The molecule has 0 spiro atoms. The highest BCUT2D eigenvalue weighted by Gasteiger charge is 2.13. The number of nitrogens with zero attached hydrogens (tertiary/aromatic N) is 2. The summed E-state index contributed by atoms with van der Waals surface area (Å²) in [4.78, 5) is 20.4. The molecule has 0 aliphatic heterocycles. The maximum absolute atomic E-state index is 11.9. The van der Waals surface area contributed by atoms with Crippen LogP contribution in [0.4, 0.5) is 17.2 Å². The van der Waals surface area contributed by atoms with Crippen LogP contribution in [0.25, 0.3) is 10.2 Å². The lowest BCUT2D eigenvalue weighted by molar-refractivity contribution is 0.0954. The third kappa shape index (κ3) is 3.44. The first-order valence-corrected chi connectivity index (χ1v) is 8.32. The molecule has 5 N–H and O–H groups in total. The summed E-state index contributed by atoms with van der Waals surface area (Å²) in [5.41, 5.74) is 6.90. The Morgan fingerprint density at radius 2 is 2.08 bits per heavy atom. The van der Waals surface area contributed by atoms with E-state index in [1.54, 1.807) is 17.4 Å². The number of nitrogen functional groups attached to an aromatic ring is 1. The van der Waals surface area contributed by atoms with Crippen LogP contribution in [0.3, 0.4) is 0 Å². The molecule has 0 radical (unpaired) electrons. The predicted molar refractivity (Wildman–Crippen MR) is 97.6 cm³/mol. The average molecular weight is 342 g/mol. The number of hydrogen-bond acceptors (Lipinski definition) is 7. The molecule has 2 aromatic heterocycles. The maximum Gasteiger partial charge on any atom is 0.268 e. The summed E-state index contributed by atoms with van der Waals surface area (Å²) in [5.74, 6) is 5.48. The number of amides is 1. The fraction of sp³-hybridized carbons (Fsp3) is 0.188. The van der Waals surface area contributed by atoms with E-state index < -0.39 is 0 Å². The van der Waals surface area contributed by atoms with Crippen LogP contribution < -0.4 is 21.9 Å². The molecule has 8 heteroatoms. The minimum absolute atomic E-state index is 0.165. The van der Waals surface area contributed by atoms with Crippen molar-refractivity contribution in [3.05, 3.63) is 41.5 Å². The smallest absolute Gasteiger partial charge is 0.268 e. The summed E-state index contributed by atoms with van der Waals surface area (Å²) in [6.45, 7) is 3.99. The van der Waals surface area contributed by atoms with Gasteiger partial charge in [-0.1, -0.05) is 0 Å². The summed E-state index contributed by atoms with van der Waals surface area (Å²) in [5, 5.41) is 6.48. The van der Waals surface area contributed by atoms with Gasteiger partial charge in [-0.2, -0.15) is 0 Å². The zero-order chi connectivity index (χ0) is 17.1. The van der Waals surface area contributed by atoms with Crippen LogP contribution in [0.15, 0.2) is 36.0 Å². The second kappa shape index (κ2) is 6.81. The summed E-state index contributed by atoms with van der Waals surface area (Å²) in [6.07, 6.45) is 1.50. The molecule has 0 aliphatic rings. The van der Waals surface area contributed by atoms with Gasteiger partial charge in [0.2, 0.25) is 0 Å². The summed E-state index contributed by atoms with van der Waals surface area (Å²) >= 11 is 1.58. The molecule has 24 heavy (non-hydrogen) atoms. The quantitative estimate of drug-likeness (QED) is 0.323. The van der Waals surface area contributed by atoms with Crippen LogP contribution in [0, 0.1) is 0 Å². The van der Waals surface area contributed by atoms with Crippen LogP contribution in [-0.2, 0) is 0 Å². The van der Waals surface area contributed by atoms with Crippen molar-refractivity contribution in [1.82, 2.24) is 15.4 Å². The summed E-state index contributed by atoms with van der Waals surface area (Å²) < 4.78 is 1.10. The minimum Gasteiger partial charge on any atom is -0.382 e. The van der Waals surface area contributed by atoms with Gasteiger partial charge in [-0.05, 0) is 32.0 Å². The number of nitrogens with two attached hydrogens (primary N) is 1. The lowest BCUT2D eigenvalue weighted by Crippen LogP contribution is -2.31. The zero-order valence-corrected chi connectivity index (χ0v) is 14.1. The predicted octanol–water partition coefficient (Wildman–Crippen LogP) is 2.86. The van der Waals surface area contributed by atoms with Gasteiger partial charge in [0.15, 0.2) is 0 Å². The van der Waals surface area contributed by atoms with E-state index in [0.29, 0.717) is 17.1 Å². The van der Waals surface area contributed by atoms with Gasteiger partial charge in [-0.15, -0.1) is 11.3 Å². The minimum atomic E-state index is -0.386. The highest BCUT2D eigenvalue weighted by atomic mass is 32.1. The van der Waals surface area contributed by atoms with Crippen molar-refractivity contribution < 1.29 is 4.79 Å². The Balaban J connectivity index is 1.90. The second-order valence-electron chi connectivity index (χ2n) is 5.55. The topological polar surface area (TPSA) is 105 Å². The molecule has 0 atom stereocenters. The number of rotatable bonds is 5. The van der Waals surface area contributed by atoms with E-state index in [1.165, 1.54) is 6.20 Å². The number of carbonyl (C=O) groups excluding carboxylic acids is 1. The van der Waals surface area contributed by atoms with Crippen molar-refractivity contribution in [3.8, 4) is 0 Å². The van der Waals surface area contributed by atoms with Gasteiger partial charge in [-0.3, -0.25) is 10.2 Å². The van der Waals surface area contributed by atoms with Gasteiger partial charge >= 0.3 is 0 Å². The number of carbonyl (C=O) groups is 1. The van der Waals surface area contributed by atoms with Crippen LogP contribution >= 0.6 is 11.3 Å². The van der Waals surface area contributed by atoms with E-state index in [4.69, 9.17) is 5.84 Å². The number of fused-ring (bicyclic) bond motifs is 1. The highest BCUT2D eigenvalue weighted by molar-refractivity contribution is 7.16. The van der Waals surface area contributed by atoms with Crippen LogP contribution in [0.5, 0.6) is 0 Å². The molecule has 0 fully saturated rings. The lowest BCUT2D eigenvalue weighted by Gasteiger charge is -2.15. The maximum atomic E-state index is 11.9. The first-order chi connectivity index (χ1) is 11.6. The molecule has 1 aromatic carbocycles. The molecular formula is C16H18N6OS. The summed E-state index contributed by atoms with van der Waals surface area (Å²) in [7, 11) is 0. The Labute approximate surface area is 143 Å². The highest BCUT2D eigenvalue weighted by Crippen LogP contribution is 2.26. The molecule has 0 aliphatic carbocycles. The monoisotopic (exact) mass is 342 g/mol. The lowest BCUT2D eigenvalue weighted by atomic mass is 10.2. The normalized spacial score (nSPS) is 10.8. The molecular weight excluding hydrogens is 324 g/mol. The summed E-state index contributed by atoms with van der Waals surface area (Å²) in [6, 6.07) is 7.88. The standard InChI is InChI=1S/C16H18N6OS/c1-9(2)20-13-6-15(18-7-11(13)16(23)22-17)21-10-3-4-12-14(5-10)24-8-19-12/h3-9H,17H2,1-2H3,(H,22,23)(H2,18,20,21). The van der Waals surface area contributed by atoms with Crippen LogP contribution in [0.2, 0.25) is 0 Å². The first-order valence-electron chi connectivity index (χ1n) is 7.44. The van der Waals surface area contributed by atoms with Crippen molar-refractivity contribution in [3.63, 3.8) is 0 Å². The Bertz CT molecular complexity index is 876. The number of pyridine rings is 1. The fourth-order valence-electron chi connectivity index (χ4n) is 2.29. The Kier molecular flexibility index (Phi) is 4.59. The molecule has 0 saturated heterocycles.